The lowest BCUT2D eigenvalue weighted by molar-refractivity contribution is 0.233. The van der Waals surface area contributed by atoms with Gasteiger partial charge in [0.25, 0.3) is 5.78 Å². The van der Waals surface area contributed by atoms with Gasteiger partial charge in [-0.25, -0.2) is 8.78 Å². The van der Waals surface area contributed by atoms with Gasteiger partial charge in [-0.05, 0) is 0 Å². The molecule has 0 spiro atoms. The van der Waals surface area contributed by atoms with Crippen LogP contribution in [-0.4, -0.2) is 37.9 Å². The first-order valence-electron chi connectivity index (χ1n) is 8.78. The zero-order valence-corrected chi connectivity index (χ0v) is 15.8. The third-order valence-electron chi connectivity index (χ3n) is 4.27. The fourth-order valence-corrected chi connectivity index (χ4v) is 3.29. The summed E-state index contributed by atoms with van der Waals surface area (Å²) in [4.78, 5) is 8.16. The van der Waals surface area contributed by atoms with Crippen molar-refractivity contribution in [3.8, 4) is 28.1 Å². The van der Waals surface area contributed by atoms with Gasteiger partial charge in [0.1, 0.15) is 28.9 Å². The second-order valence-corrected chi connectivity index (χ2v) is 6.51. The van der Waals surface area contributed by atoms with Crippen molar-refractivity contribution >= 4 is 17.4 Å². The lowest BCUT2D eigenvalue weighted by atomic mass is 9.99. The van der Waals surface area contributed by atoms with E-state index in [0.717, 1.165) is 12.1 Å². The predicted molar refractivity (Wildman–Crippen MR) is 104 cm³/mol. The van der Waals surface area contributed by atoms with E-state index >= 15 is 8.78 Å². The van der Waals surface area contributed by atoms with Gasteiger partial charge in [0.05, 0.1) is 23.4 Å². The van der Waals surface area contributed by atoms with E-state index in [0.29, 0.717) is 17.7 Å². The number of rotatable bonds is 6. The number of benzene rings is 2. The summed E-state index contributed by atoms with van der Waals surface area (Å²) in [5, 5.41) is 12.9. The first-order valence-corrected chi connectivity index (χ1v) is 9.15. The van der Waals surface area contributed by atoms with Crippen LogP contribution in [-0.2, 0) is 0 Å². The minimum atomic E-state index is -0.857. The van der Waals surface area contributed by atoms with Crippen LogP contribution in [0.5, 0.6) is 5.75 Å². The van der Waals surface area contributed by atoms with E-state index in [1.165, 1.54) is 10.8 Å². The van der Waals surface area contributed by atoms with Crippen molar-refractivity contribution in [2.45, 2.75) is 6.42 Å². The summed E-state index contributed by atoms with van der Waals surface area (Å²) < 4.78 is 36.7. The molecule has 29 heavy (non-hydrogen) atoms. The Morgan fingerprint density at radius 3 is 2.48 bits per heavy atom. The van der Waals surface area contributed by atoms with Gasteiger partial charge in [-0.2, -0.15) is 19.6 Å². The smallest absolute Gasteiger partial charge is 0.254 e. The molecule has 0 bridgehead atoms. The van der Waals surface area contributed by atoms with Crippen molar-refractivity contribution in [2.24, 2.45) is 0 Å². The topological polar surface area (TPSA) is 72.5 Å². The molecule has 4 rings (SSSR count). The maximum atomic E-state index is 15.0. The number of ether oxygens (including phenoxy) is 1. The van der Waals surface area contributed by atoms with Crippen molar-refractivity contribution in [3.63, 3.8) is 0 Å². The van der Waals surface area contributed by atoms with Crippen LogP contribution in [0.2, 0.25) is 5.15 Å². The van der Waals surface area contributed by atoms with Gasteiger partial charge >= 0.3 is 0 Å². The standard InChI is InChI=1S/C20H15ClF2N4O2/c21-19-17(16-14(22)9-13(10-15(16)23)29-8-4-7-28)18(12-5-2-1-3-6-12)27-20(26-19)24-11-25-27/h1-3,5-6,9-11,28H,4,7-8H2. The van der Waals surface area contributed by atoms with Crippen LogP contribution >= 0.6 is 11.6 Å². The Kier molecular flexibility index (Phi) is 5.37. The SMILES string of the molecule is OCCCOc1cc(F)c(-c2c(Cl)nc3ncnn3c2-c2ccccc2)c(F)c1. The van der Waals surface area contributed by atoms with Gasteiger partial charge < -0.3 is 9.84 Å². The van der Waals surface area contributed by atoms with Crippen LogP contribution in [0.25, 0.3) is 28.2 Å². The number of hydrogen-bond donors (Lipinski definition) is 1. The summed E-state index contributed by atoms with van der Waals surface area (Å²) in [5.74, 6) is -1.49. The Labute approximate surface area is 169 Å². The molecule has 1 N–H and O–H groups in total. The van der Waals surface area contributed by atoms with E-state index in [9.17, 15) is 0 Å². The third kappa shape index (κ3) is 3.64. The third-order valence-corrected chi connectivity index (χ3v) is 4.54. The molecule has 148 valence electrons. The van der Waals surface area contributed by atoms with E-state index in [2.05, 4.69) is 15.1 Å². The van der Waals surface area contributed by atoms with Gasteiger partial charge in [-0.3, -0.25) is 0 Å². The summed E-state index contributed by atoms with van der Waals surface area (Å²) in [6, 6.07) is 11.1. The van der Waals surface area contributed by atoms with Crippen molar-refractivity contribution in [1.82, 2.24) is 19.6 Å². The Hall–Kier alpha value is -3.10. The molecule has 0 amide bonds. The zero-order valence-electron chi connectivity index (χ0n) is 15.0. The quantitative estimate of drug-likeness (QED) is 0.377. The number of aliphatic hydroxyl groups excluding tert-OH is 1. The summed E-state index contributed by atoms with van der Waals surface area (Å²) >= 11 is 6.35. The lowest BCUT2D eigenvalue weighted by Gasteiger charge is -2.15. The molecular formula is C20H15ClF2N4O2. The summed E-state index contributed by atoms with van der Waals surface area (Å²) in [5.41, 5.74) is 0.732. The average molecular weight is 417 g/mol. The molecule has 0 saturated heterocycles. The fourth-order valence-electron chi connectivity index (χ4n) is 3.03. The Morgan fingerprint density at radius 1 is 1.07 bits per heavy atom. The first-order chi connectivity index (χ1) is 14.1. The second kappa shape index (κ2) is 8.10. The van der Waals surface area contributed by atoms with Gasteiger partial charge in [0.2, 0.25) is 0 Å². The highest BCUT2D eigenvalue weighted by Crippen LogP contribution is 2.40. The zero-order chi connectivity index (χ0) is 20.4. The molecule has 0 unspecified atom stereocenters. The van der Waals surface area contributed by atoms with Crippen LogP contribution in [0.15, 0.2) is 48.8 Å². The summed E-state index contributed by atoms with van der Waals surface area (Å²) in [6.07, 6.45) is 1.64. The number of aliphatic hydroxyl groups is 1. The Balaban J connectivity index is 1.94. The maximum Gasteiger partial charge on any atom is 0.254 e. The van der Waals surface area contributed by atoms with Crippen LogP contribution in [0.1, 0.15) is 6.42 Å². The van der Waals surface area contributed by atoms with E-state index in [1.54, 1.807) is 24.3 Å². The summed E-state index contributed by atoms with van der Waals surface area (Å²) in [6.45, 7) is 0.0555. The molecule has 0 atom stereocenters. The molecule has 0 aliphatic rings. The molecule has 0 radical (unpaired) electrons. The number of fused-ring (bicyclic) bond motifs is 1. The van der Waals surface area contributed by atoms with E-state index in [4.69, 9.17) is 21.4 Å². The molecule has 0 aliphatic heterocycles. The lowest BCUT2D eigenvalue weighted by Crippen LogP contribution is -2.05. The van der Waals surface area contributed by atoms with E-state index in [1.807, 2.05) is 6.07 Å². The number of aromatic nitrogens is 4. The van der Waals surface area contributed by atoms with Crippen molar-refractivity contribution in [3.05, 3.63) is 65.6 Å². The number of hydrogen-bond acceptors (Lipinski definition) is 5. The predicted octanol–water partition coefficient (Wildman–Crippen LogP) is 4.15. The van der Waals surface area contributed by atoms with Crippen LogP contribution < -0.4 is 4.74 Å². The summed E-state index contributed by atoms with van der Waals surface area (Å²) in [7, 11) is 0. The monoisotopic (exact) mass is 416 g/mol. The molecule has 4 aromatic rings. The number of halogens is 3. The highest BCUT2D eigenvalue weighted by molar-refractivity contribution is 6.33. The number of nitrogens with zero attached hydrogens (tertiary/aromatic N) is 4. The van der Waals surface area contributed by atoms with Crippen LogP contribution in [0.4, 0.5) is 8.78 Å². The Bertz CT molecular complexity index is 1150. The highest BCUT2D eigenvalue weighted by Gasteiger charge is 2.25. The highest BCUT2D eigenvalue weighted by atomic mass is 35.5. The molecule has 2 aromatic heterocycles. The van der Waals surface area contributed by atoms with Crippen molar-refractivity contribution in [2.75, 3.05) is 13.2 Å². The van der Waals surface area contributed by atoms with Crippen molar-refractivity contribution in [1.29, 1.82) is 0 Å². The minimum Gasteiger partial charge on any atom is -0.493 e. The molecule has 0 fully saturated rings. The molecule has 6 nitrogen and oxygen atoms in total. The normalized spacial score (nSPS) is 11.2. The molecule has 0 aliphatic carbocycles. The average Bonchev–Trinajstić information content (AvgIpc) is 3.16. The van der Waals surface area contributed by atoms with E-state index < -0.39 is 11.6 Å². The van der Waals surface area contributed by atoms with Gasteiger partial charge in [0.15, 0.2) is 0 Å². The van der Waals surface area contributed by atoms with Crippen LogP contribution in [0, 0.1) is 11.6 Å². The largest absolute Gasteiger partial charge is 0.493 e. The van der Waals surface area contributed by atoms with Gasteiger partial charge in [-0.15, -0.1) is 0 Å². The van der Waals surface area contributed by atoms with E-state index in [-0.39, 0.29) is 41.0 Å². The molecular weight excluding hydrogens is 402 g/mol. The fraction of sp³-hybridized carbons (Fsp3) is 0.150. The minimum absolute atomic E-state index is 0.0179. The van der Waals surface area contributed by atoms with Crippen molar-refractivity contribution < 1.29 is 18.6 Å². The second-order valence-electron chi connectivity index (χ2n) is 6.15. The van der Waals surface area contributed by atoms with Crippen LogP contribution in [0.3, 0.4) is 0 Å². The first kappa shape index (κ1) is 19.2. The molecule has 9 heteroatoms. The molecule has 2 aromatic carbocycles. The van der Waals surface area contributed by atoms with Gasteiger partial charge in [-0.1, -0.05) is 41.9 Å². The molecule has 2 heterocycles. The Morgan fingerprint density at radius 2 is 1.79 bits per heavy atom. The maximum absolute atomic E-state index is 15.0. The molecule has 0 saturated carbocycles. The van der Waals surface area contributed by atoms with Gasteiger partial charge in [0, 0.05) is 30.7 Å².